The van der Waals surface area contributed by atoms with Crippen molar-refractivity contribution >= 4 is 11.8 Å². The Labute approximate surface area is 197 Å². The minimum Gasteiger partial charge on any atom is -0.491 e. The normalized spacial score (nSPS) is 17.6. The third-order valence-corrected chi connectivity index (χ3v) is 6.59. The van der Waals surface area contributed by atoms with Crippen LogP contribution in [0, 0.1) is 6.92 Å². The highest BCUT2D eigenvalue weighted by molar-refractivity contribution is 5.98. The Balaban J connectivity index is 1.95. The van der Waals surface area contributed by atoms with Crippen LogP contribution in [-0.4, -0.2) is 48.7 Å². The van der Waals surface area contributed by atoms with Gasteiger partial charge in [0.25, 0.3) is 0 Å². The molecule has 0 bridgehead atoms. The van der Waals surface area contributed by atoms with Gasteiger partial charge in [0, 0.05) is 37.2 Å². The third-order valence-electron chi connectivity index (χ3n) is 6.59. The molecule has 1 N–H and O–H groups in total. The number of carbonyl (C=O) groups is 1. The minimum absolute atomic E-state index is 0.0358. The molecule has 0 radical (unpaired) electrons. The zero-order valence-electron chi connectivity index (χ0n) is 19.9. The lowest BCUT2D eigenvalue weighted by atomic mass is 9.93. The molecule has 1 saturated heterocycles. The molecular formula is C25H31F2N3O4. The molecular weight excluding hydrogens is 444 g/mol. The van der Waals surface area contributed by atoms with Gasteiger partial charge in [-0.15, -0.1) is 0 Å². The average Bonchev–Trinajstić information content (AvgIpc) is 2.98. The number of carbonyl (C=O) groups excluding carboxylic acids is 1. The van der Waals surface area contributed by atoms with E-state index in [4.69, 9.17) is 14.5 Å². The monoisotopic (exact) mass is 475 g/mol. The maximum atomic E-state index is 14.1. The lowest BCUT2D eigenvalue weighted by Gasteiger charge is -2.28. The van der Waals surface area contributed by atoms with E-state index in [-0.39, 0.29) is 43.0 Å². The molecule has 9 heteroatoms. The van der Waals surface area contributed by atoms with Gasteiger partial charge >= 0.3 is 5.97 Å². The highest BCUT2D eigenvalue weighted by atomic mass is 19.3. The van der Waals surface area contributed by atoms with Crippen molar-refractivity contribution in [2.24, 2.45) is 0 Å². The number of esters is 1. The number of halogens is 2. The Morgan fingerprint density at radius 2 is 1.97 bits per heavy atom. The molecule has 2 aromatic heterocycles. The van der Waals surface area contributed by atoms with Gasteiger partial charge in [0.1, 0.15) is 11.4 Å². The summed E-state index contributed by atoms with van der Waals surface area (Å²) in [6.45, 7) is 4.02. The Bertz CT molecular complexity index is 1150. The van der Waals surface area contributed by atoms with E-state index in [9.17, 15) is 18.4 Å². The lowest BCUT2D eigenvalue weighted by molar-refractivity contribution is -0.0102. The molecule has 0 unspecified atom stereocenters. The zero-order chi connectivity index (χ0) is 24.5. The highest BCUT2D eigenvalue weighted by Crippen LogP contribution is 2.37. The molecule has 3 heterocycles. The summed E-state index contributed by atoms with van der Waals surface area (Å²) in [7, 11) is 1.37. The number of nitrogens with one attached hydrogen (secondary N) is 1. The van der Waals surface area contributed by atoms with Crippen molar-refractivity contribution in [3.63, 3.8) is 0 Å². The second-order valence-electron chi connectivity index (χ2n) is 8.95. The zero-order valence-corrected chi connectivity index (χ0v) is 19.9. The van der Waals surface area contributed by atoms with Crippen LogP contribution in [0.5, 0.6) is 5.75 Å². The fraction of sp³-hybridized carbons (Fsp3) is 0.560. The van der Waals surface area contributed by atoms with E-state index in [0.717, 1.165) is 36.9 Å². The van der Waals surface area contributed by atoms with Crippen molar-refractivity contribution in [3.05, 3.63) is 38.8 Å². The van der Waals surface area contributed by atoms with E-state index in [2.05, 4.69) is 4.98 Å². The molecule has 2 aromatic rings. The first kappa shape index (κ1) is 24.2. The standard InChI is InChI=1S/C25H31F2N3O4/c1-4-34-24(32)19-20(28-15(2)22(33-3)21(19)31)17-14-16-8-5-6-9-18(16)29-23(17)30-12-7-10-25(26,27)11-13-30/h14H,4-13H2,1-3H3,(H,28,31). The molecule has 1 aliphatic heterocycles. The molecule has 0 atom stereocenters. The van der Waals surface area contributed by atoms with Crippen molar-refractivity contribution in [1.29, 1.82) is 0 Å². The van der Waals surface area contributed by atoms with Crippen molar-refractivity contribution in [3.8, 4) is 17.0 Å². The second-order valence-corrected chi connectivity index (χ2v) is 8.95. The van der Waals surface area contributed by atoms with Gasteiger partial charge in [0.2, 0.25) is 11.4 Å². The summed E-state index contributed by atoms with van der Waals surface area (Å²) in [6.07, 6.45) is 3.57. The Hall–Kier alpha value is -2.97. The van der Waals surface area contributed by atoms with Gasteiger partial charge in [0.15, 0.2) is 5.75 Å². The van der Waals surface area contributed by atoms with Crippen molar-refractivity contribution in [1.82, 2.24) is 9.97 Å². The predicted molar refractivity (Wildman–Crippen MR) is 125 cm³/mol. The third kappa shape index (κ3) is 4.65. The molecule has 34 heavy (non-hydrogen) atoms. The van der Waals surface area contributed by atoms with Crippen LogP contribution in [0.3, 0.4) is 0 Å². The Morgan fingerprint density at radius 1 is 1.21 bits per heavy atom. The summed E-state index contributed by atoms with van der Waals surface area (Å²) in [4.78, 5) is 36.1. The quantitative estimate of drug-likeness (QED) is 0.644. The Morgan fingerprint density at radius 3 is 2.71 bits per heavy atom. The molecule has 4 rings (SSSR count). The van der Waals surface area contributed by atoms with Crippen LogP contribution in [0.4, 0.5) is 14.6 Å². The number of nitrogens with zero attached hydrogens (tertiary/aromatic N) is 2. The number of fused-ring (bicyclic) bond motifs is 1. The maximum Gasteiger partial charge on any atom is 0.344 e. The van der Waals surface area contributed by atoms with Gasteiger partial charge in [-0.25, -0.2) is 18.6 Å². The number of aryl methyl sites for hydroxylation is 3. The van der Waals surface area contributed by atoms with Crippen LogP contribution in [0.15, 0.2) is 10.9 Å². The molecule has 0 amide bonds. The molecule has 0 saturated carbocycles. The fourth-order valence-electron chi connectivity index (χ4n) is 4.87. The van der Waals surface area contributed by atoms with E-state index in [1.807, 2.05) is 11.0 Å². The fourth-order valence-corrected chi connectivity index (χ4v) is 4.87. The maximum absolute atomic E-state index is 14.1. The summed E-state index contributed by atoms with van der Waals surface area (Å²) < 4.78 is 38.7. The number of methoxy groups -OCH3 is 1. The summed E-state index contributed by atoms with van der Waals surface area (Å²) in [5.74, 6) is -2.93. The molecule has 184 valence electrons. The number of pyridine rings is 2. The first-order chi connectivity index (χ1) is 16.3. The largest absolute Gasteiger partial charge is 0.491 e. The first-order valence-corrected chi connectivity index (χ1v) is 11.9. The van der Waals surface area contributed by atoms with E-state index in [1.165, 1.54) is 7.11 Å². The summed E-state index contributed by atoms with van der Waals surface area (Å²) in [5.41, 5.74) is 2.56. The number of aromatic amines is 1. The van der Waals surface area contributed by atoms with Crippen LogP contribution < -0.4 is 15.1 Å². The van der Waals surface area contributed by atoms with Crippen LogP contribution in [0.2, 0.25) is 0 Å². The number of ether oxygens (including phenoxy) is 2. The number of H-pyrrole nitrogens is 1. The SMILES string of the molecule is CCOC(=O)c1c(-c2cc3c(nc2N2CCCC(F)(F)CC2)CCCC3)[nH]c(C)c(OC)c1=O. The van der Waals surface area contributed by atoms with Crippen LogP contribution in [-0.2, 0) is 17.6 Å². The second kappa shape index (κ2) is 9.72. The van der Waals surface area contributed by atoms with Gasteiger partial charge in [-0.2, -0.15) is 0 Å². The predicted octanol–water partition coefficient (Wildman–Crippen LogP) is 4.44. The van der Waals surface area contributed by atoms with Gasteiger partial charge in [-0.05, 0) is 57.6 Å². The topological polar surface area (TPSA) is 84.5 Å². The minimum atomic E-state index is -2.72. The van der Waals surface area contributed by atoms with E-state index in [0.29, 0.717) is 30.0 Å². The first-order valence-electron chi connectivity index (χ1n) is 11.9. The summed E-state index contributed by atoms with van der Waals surface area (Å²) in [6, 6.07) is 1.96. The molecule has 0 aromatic carbocycles. The van der Waals surface area contributed by atoms with Gasteiger partial charge < -0.3 is 19.4 Å². The number of hydrogen-bond donors (Lipinski definition) is 1. The summed E-state index contributed by atoms with van der Waals surface area (Å²) in [5, 5.41) is 0. The van der Waals surface area contributed by atoms with Gasteiger partial charge in [-0.1, -0.05) is 0 Å². The van der Waals surface area contributed by atoms with Crippen molar-refractivity contribution in [2.45, 2.75) is 64.7 Å². The smallest absolute Gasteiger partial charge is 0.344 e. The number of alkyl halides is 2. The average molecular weight is 476 g/mol. The highest BCUT2D eigenvalue weighted by Gasteiger charge is 2.34. The molecule has 7 nitrogen and oxygen atoms in total. The van der Waals surface area contributed by atoms with E-state index in [1.54, 1.807) is 13.8 Å². The van der Waals surface area contributed by atoms with Crippen LogP contribution in [0.1, 0.15) is 66.3 Å². The van der Waals surface area contributed by atoms with E-state index >= 15 is 0 Å². The number of anilines is 1. The summed E-state index contributed by atoms with van der Waals surface area (Å²) >= 11 is 0. The molecule has 1 fully saturated rings. The number of hydrogen-bond acceptors (Lipinski definition) is 6. The molecule has 2 aliphatic rings. The number of aromatic nitrogens is 2. The number of rotatable bonds is 5. The molecule has 1 aliphatic carbocycles. The lowest BCUT2D eigenvalue weighted by Crippen LogP contribution is -2.29. The molecule has 0 spiro atoms. The van der Waals surface area contributed by atoms with Crippen LogP contribution in [0.25, 0.3) is 11.3 Å². The van der Waals surface area contributed by atoms with Crippen molar-refractivity contribution in [2.75, 3.05) is 31.7 Å². The van der Waals surface area contributed by atoms with Gasteiger partial charge in [-0.3, -0.25) is 4.79 Å². The van der Waals surface area contributed by atoms with Crippen LogP contribution >= 0.6 is 0 Å². The van der Waals surface area contributed by atoms with Gasteiger partial charge in [0.05, 0.1) is 25.1 Å². The van der Waals surface area contributed by atoms with Crippen molar-refractivity contribution < 1.29 is 23.0 Å². The van der Waals surface area contributed by atoms with E-state index < -0.39 is 17.3 Å². The Kier molecular flexibility index (Phi) is 6.91.